The zero-order chi connectivity index (χ0) is 26.4. The Kier molecular flexibility index (Phi) is 6.48. The number of hydrogen-bond acceptors (Lipinski definition) is 8. The van der Waals surface area contributed by atoms with Crippen molar-refractivity contribution < 1.29 is 14.7 Å². The molecule has 1 unspecified atom stereocenters. The van der Waals surface area contributed by atoms with E-state index in [-0.39, 0.29) is 35.8 Å². The van der Waals surface area contributed by atoms with Gasteiger partial charge in [-0.05, 0) is 31.0 Å². The number of nitrogens with zero attached hydrogens (tertiary/aromatic N) is 6. The van der Waals surface area contributed by atoms with E-state index in [9.17, 15) is 14.7 Å². The molecule has 0 aromatic carbocycles. The quantitative estimate of drug-likeness (QED) is 0.468. The van der Waals surface area contributed by atoms with Crippen LogP contribution in [0.5, 0.6) is 0 Å². The summed E-state index contributed by atoms with van der Waals surface area (Å²) in [7, 11) is 3.52. The number of rotatable bonds is 5. The molecule has 1 aliphatic carbocycles. The van der Waals surface area contributed by atoms with E-state index in [1.165, 1.54) is 0 Å². The monoisotopic (exact) mass is 518 g/mol. The number of amides is 2. The van der Waals surface area contributed by atoms with E-state index in [1.54, 1.807) is 43.5 Å². The topological polar surface area (TPSA) is 129 Å². The second kappa shape index (κ2) is 9.95. The normalized spacial score (nSPS) is 23.6. The first-order chi connectivity index (χ1) is 18.4. The smallest absolute Gasteiger partial charge is 0.270 e. The fraction of sp³-hybridized carbons (Fsp3) is 0.519. The molecule has 1 saturated carbocycles. The Morgan fingerprint density at radius 2 is 1.82 bits per heavy atom. The number of hydrogen-bond donors (Lipinski definition) is 3. The zero-order valence-electron chi connectivity index (χ0n) is 21.8. The summed E-state index contributed by atoms with van der Waals surface area (Å²) in [5.74, 6) is 0.913. The van der Waals surface area contributed by atoms with Crippen LogP contribution in [0, 0.1) is 11.8 Å². The van der Waals surface area contributed by atoms with Crippen molar-refractivity contribution in [1.82, 2.24) is 34.6 Å². The Morgan fingerprint density at radius 3 is 2.47 bits per heavy atom. The number of aliphatic hydroxyl groups is 1. The largest absolute Gasteiger partial charge is 0.392 e. The summed E-state index contributed by atoms with van der Waals surface area (Å²) in [6.07, 6.45) is 7.27. The van der Waals surface area contributed by atoms with Crippen LogP contribution in [-0.2, 0) is 0 Å². The maximum atomic E-state index is 13.1. The van der Waals surface area contributed by atoms with E-state index in [0.29, 0.717) is 36.1 Å². The lowest BCUT2D eigenvalue weighted by Gasteiger charge is -2.45. The van der Waals surface area contributed by atoms with Crippen molar-refractivity contribution in [1.29, 1.82) is 0 Å². The van der Waals surface area contributed by atoms with Gasteiger partial charge in [0.05, 0.1) is 11.7 Å². The molecule has 0 spiro atoms. The van der Waals surface area contributed by atoms with Gasteiger partial charge in [0.2, 0.25) is 5.95 Å². The summed E-state index contributed by atoms with van der Waals surface area (Å²) >= 11 is 0. The minimum Gasteiger partial charge on any atom is -0.392 e. The molecule has 200 valence electrons. The lowest BCUT2D eigenvalue weighted by Crippen LogP contribution is -2.60. The van der Waals surface area contributed by atoms with Gasteiger partial charge in [0.25, 0.3) is 11.8 Å². The summed E-state index contributed by atoms with van der Waals surface area (Å²) in [6, 6.07) is 5.62. The predicted octanol–water partition coefficient (Wildman–Crippen LogP) is 2.04. The van der Waals surface area contributed by atoms with Gasteiger partial charge >= 0.3 is 0 Å². The molecule has 6 rings (SSSR count). The number of piperidine rings is 2. The average Bonchev–Trinajstić information content (AvgIpc) is 3.56. The van der Waals surface area contributed by atoms with Crippen LogP contribution in [-0.4, -0.2) is 92.6 Å². The molecular formula is C27H34N8O3. The van der Waals surface area contributed by atoms with Gasteiger partial charge in [-0.1, -0.05) is 12.8 Å². The molecule has 5 heterocycles. The van der Waals surface area contributed by atoms with Crippen molar-refractivity contribution in [3.05, 3.63) is 41.9 Å². The van der Waals surface area contributed by atoms with E-state index in [4.69, 9.17) is 4.98 Å². The van der Waals surface area contributed by atoms with E-state index in [1.807, 2.05) is 11.0 Å². The number of aliphatic hydroxyl groups excluding tert-OH is 1. The Labute approximate surface area is 221 Å². The number of aromatic nitrogens is 4. The first-order valence-electron chi connectivity index (χ1n) is 13.4. The summed E-state index contributed by atoms with van der Waals surface area (Å²) in [4.78, 5) is 43.1. The molecule has 11 heteroatoms. The van der Waals surface area contributed by atoms with Gasteiger partial charge < -0.3 is 30.1 Å². The maximum absolute atomic E-state index is 13.1. The van der Waals surface area contributed by atoms with E-state index in [2.05, 4.69) is 25.2 Å². The van der Waals surface area contributed by atoms with Gasteiger partial charge in [-0.25, -0.2) is 9.97 Å². The molecule has 3 aliphatic rings. The van der Waals surface area contributed by atoms with Crippen molar-refractivity contribution in [2.75, 3.05) is 45.6 Å². The van der Waals surface area contributed by atoms with Gasteiger partial charge in [0.15, 0.2) is 0 Å². The third-order valence-electron chi connectivity index (χ3n) is 8.12. The first-order valence-corrected chi connectivity index (χ1v) is 13.4. The van der Waals surface area contributed by atoms with Crippen molar-refractivity contribution in [3.63, 3.8) is 0 Å². The summed E-state index contributed by atoms with van der Waals surface area (Å²) in [6.45, 7) is 2.52. The van der Waals surface area contributed by atoms with Crippen LogP contribution >= 0.6 is 0 Å². The number of nitrogens with one attached hydrogen (secondary N) is 2. The minimum absolute atomic E-state index is 0.0468. The second-order valence-electron chi connectivity index (χ2n) is 10.9. The average molecular weight is 519 g/mol. The molecule has 38 heavy (non-hydrogen) atoms. The Morgan fingerprint density at radius 1 is 1.08 bits per heavy atom. The van der Waals surface area contributed by atoms with Crippen LogP contribution in [0.2, 0.25) is 0 Å². The molecule has 2 aliphatic heterocycles. The highest BCUT2D eigenvalue weighted by Crippen LogP contribution is 2.35. The third kappa shape index (κ3) is 4.49. The molecule has 3 aromatic heterocycles. The van der Waals surface area contributed by atoms with Crippen LogP contribution in [0.4, 0.5) is 11.8 Å². The molecule has 3 aromatic rings. The Hall–Kier alpha value is -3.57. The summed E-state index contributed by atoms with van der Waals surface area (Å²) in [5.41, 5.74) is 1.88. The molecule has 2 bridgehead atoms. The number of anilines is 2. The zero-order valence-corrected chi connectivity index (χ0v) is 21.8. The highest BCUT2D eigenvalue weighted by Gasteiger charge is 2.40. The Bertz CT molecular complexity index is 1330. The van der Waals surface area contributed by atoms with Gasteiger partial charge in [0.1, 0.15) is 17.2 Å². The van der Waals surface area contributed by atoms with E-state index >= 15 is 0 Å². The standard InChI is InChI=1S/C27H34N8O3/c1-33(2)26(38)21-9-17-13-30-27(32-24(17)35(21)20-5-3-4-6-20)31-22-8-7-16(12-29-22)25(37)34-14-18-10-28-11-19(15-34)23(18)36/h7-9,12-13,18-20,23,28,36H,3-6,10-11,14-15H2,1-2H3,(H,29,30,31,32)/t18-,19+,23?. The fourth-order valence-electron chi connectivity index (χ4n) is 6.12. The molecule has 3 fully saturated rings. The highest BCUT2D eigenvalue weighted by molar-refractivity contribution is 5.98. The molecular weight excluding hydrogens is 484 g/mol. The molecule has 2 saturated heterocycles. The van der Waals surface area contributed by atoms with Crippen LogP contribution in [0.25, 0.3) is 11.0 Å². The van der Waals surface area contributed by atoms with Crippen LogP contribution < -0.4 is 10.6 Å². The number of carbonyl (C=O) groups excluding carboxylic acids is 2. The fourth-order valence-corrected chi connectivity index (χ4v) is 6.12. The Balaban J connectivity index is 1.21. The van der Waals surface area contributed by atoms with Gasteiger partial charge in [-0.15, -0.1) is 0 Å². The van der Waals surface area contributed by atoms with Gasteiger partial charge in [0, 0.05) is 75.9 Å². The van der Waals surface area contributed by atoms with Crippen LogP contribution in [0.3, 0.4) is 0 Å². The van der Waals surface area contributed by atoms with Crippen molar-refractivity contribution >= 4 is 34.6 Å². The van der Waals surface area contributed by atoms with Crippen molar-refractivity contribution in [2.45, 2.75) is 37.8 Å². The molecule has 3 atom stereocenters. The predicted molar refractivity (Wildman–Crippen MR) is 142 cm³/mol. The molecule has 0 radical (unpaired) electrons. The van der Waals surface area contributed by atoms with Crippen LogP contribution in [0.15, 0.2) is 30.6 Å². The van der Waals surface area contributed by atoms with Crippen molar-refractivity contribution in [3.8, 4) is 0 Å². The summed E-state index contributed by atoms with van der Waals surface area (Å²) in [5, 5.41) is 17.7. The van der Waals surface area contributed by atoms with E-state index < -0.39 is 0 Å². The number of likely N-dealkylation sites (tertiary alicyclic amines) is 1. The second-order valence-corrected chi connectivity index (χ2v) is 10.9. The lowest BCUT2D eigenvalue weighted by atomic mass is 9.82. The first kappa shape index (κ1) is 24.7. The SMILES string of the molecule is CN(C)C(=O)c1cc2cnc(Nc3ccc(C(=O)N4C[C@H]5CNC[C@@H](C4)C5O)cn3)nc2n1C1CCCC1. The number of pyridine rings is 1. The highest BCUT2D eigenvalue weighted by atomic mass is 16.3. The molecule has 2 amide bonds. The third-order valence-corrected chi connectivity index (χ3v) is 8.12. The van der Waals surface area contributed by atoms with E-state index in [0.717, 1.165) is 49.8 Å². The molecule has 11 nitrogen and oxygen atoms in total. The van der Waals surface area contributed by atoms with Gasteiger partial charge in [-0.2, -0.15) is 4.98 Å². The maximum Gasteiger partial charge on any atom is 0.270 e. The van der Waals surface area contributed by atoms with Crippen LogP contribution in [0.1, 0.15) is 52.6 Å². The summed E-state index contributed by atoms with van der Waals surface area (Å²) < 4.78 is 2.08. The minimum atomic E-state index is -0.353. The van der Waals surface area contributed by atoms with Gasteiger partial charge in [-0.3, -0.25) is 9.59 Å². The number of fused-ring (bicyclic) bond motifs is 3. The van der Waals surface area contributed by atoms with Crippen molar-refractivity contribution in [2.24, 2.45) is 11.8 Å². The lowest BCUT2D eigenvalue weighted by molar-refractivity contribution is -0.0324. The molecule has 3 N–H and O–H groups in total. The number of carbonyl (C=O) groups is 2.